The second kappa shape index (κ2) is 8.80. The average Bonchev–Trinajstić information content (AvgIpc) is 2.46. The first-order valence-electron chi connectivity index (χ1n) is 6.62. The van der Waals surface area contributed by atoms with Gasteiger partial charge in [0.15, 0.2) is 0 Å². The number of sulfonamides is 1. The van der Waals surface area contributed by atoms with E-state index in [9.17, 15) is 8.42 Å². The van der Waals surface area contributed by atoms with E-state index in [0.29, 0.717) is 13.0 Å². The second-order valence-electron chi connectivity index (χ2n) is 4.54. The van der Waals surface area contributed by atoms with E-state index < -0.39 is 10.0 Å². The van der Waals surface area contributed by atoms with Crippen LogP contribution in [0, 0.1) is 11.8 Å². The number of nitrogens with zero attached hydrogens (tertiary/aromatic N) is 1. The summed E-state index contributed by atoms with van der Waals surface area (Å²) in [6, 6.07) is 7.31. The predicted octanol–water partition coefficient (Wildman–Crippen LogP) is 0.829. The number of hydrogen-bond acceptors (Lipinski definition) is 4. The van der Waals surface area contributed by atoms with E-state index in [2.05, 4.69) is 11.8 Å². The van der Waals surface area contributed by atoms with Gasteiger partial charge in [-0.3, -0.25) is 0 Å². The predicted molar refractivity (Wildman–Crippen MR) is 82.2 cm³/mol. The molecule has 0 aliphatic carbocycles. The number of benzene rings is 1. The summed E-state index contributed by atoms with van der Waals surface area (Å²) in [5.41, 5.74) is 1.54. The third-order valence-corrected chi connectivity index (χ3v) is 4.82. The highest BCUT2D eigenvalue weighted by molar-refractivity contribution is 7.89. The van der Waals surface area contributed by atoms with E-state index in [4.69, 9.17) is 9.84 Å². The highest BCUT2D eigenvalue weighted by Crippen LogP contribution is 2.13. The van der Waals surface area contributed by atoms with Gasteiger partial charge >= 0.3 is 0 Å². The monoisotopic (exact) mass is 311 g/mol. The summed E-state index contributed by atoms with van der Waals surface area (Å²) >= 11 is 0. The van der Waals surface area contributed by atoms with Crippen LogP contribution in [0.4, 0.5) is 0 Å². The van der Waals surface area contributed by atoms with Crippen molar-refractivity contribution in [3.05, 3.63) is 35.4 Å². The molecule has 0 saturated carbocycles. The molecule has 0 aliphatic rings. The Hall–Kier alpha value is -1.39. The Morgan fingerprint density at radius 1 is 1.33 bits per heavy atom. The van der Waals surface area contributed by atoms with Gasteiger partial charge < -0.3 is 9.84 Å². The number of methoxy groups -OCH3 is 1. The first-order chi connectivity index (χ1) is 10.0. The van der Waals surface area contributed by atoms with Crippen molar-refractivity contribution in [3.8, 4) is 11.8 Å². The van der Waals surface area contributed by atoms with E-state index in [-0.39, 0.29) is 18.9 Å². The fourth-order valence-corrected chi connectivity index (χ4v) is 2.92. The van der Waals surface area contributed by atoms with Crippen LogP contribution in [0.3, 0.4) is 0 Å². The molecule has 0 spiro atoms. The summed E-state index contributed by atoms with van der Waals surface area (Å²) < 4.78 is 30.5. The fraction of sp³-hybridized carbons (Fsp3) is 0.467. The van der Waals surface area contributed by atoms with Crippen molar-refractivity contribution in [2.75, 3.05) is 33.1 Å². The van der Waals surface area contributed by atoms with Gasteiger partial charge in [-0.05, 0) is 18.1 Å². The molecule has 0 fully saturated rings. The molecule has 0 bridgehead atoms. The molecular weight excluding hydrogens is 290 g/mol. The Bertz CT molecular complexity index is 602. The van der Waals surface area contributed by atoms with Crippen LogP contribution in [-0.2, 0) is 21.3 Å². The number of aliphatic hydroxyl groups is 1. The van der Waals surface area contributed by atoms with Crippen molar-refractivity contribution in [3.63, 3.8) is 0 Å². The largest absolute Gasteiger partial charge is 0.385 e. The lowest BCUT2D eigenvalue weighted by Gasteiger charge is -2.18. The number of aliphatic hydroxyl groups excluding tert-OH is 1. The first kappa shape index (κ1) is 17.7. The summed E-state index contributed by atoms with van der Waals surface area (Å²) in [6.45, 7) is 0.455. The summed E-state index contributed by atoms with van der Waals surface area (Å²) in [7, 11) is -0.210. The van der Waals surface area contributed by atoms with Gasteiger partial charge in [-0.1, -0.05) is 30.0 Å². The van der Waals surface area contributed by atoms with Gasteiger partial charge in [0.25, 0.3) is 0 Å². The van der Waals surface area contributed by atoms with E-state index in [1.165, 1.54) is 4.31 Å². The van der Waals surface area contributed by atoms with Crippen molar-refractivity contribution in [2.45, 2.75) is 13.0 Å². The molecule has 1 aromatic rings. The molecule has 0 amide bonds. The standard InChI is InChI=1S/C15H21NO4S/c1-16(21(18,19)12-6-11-20-2)13-15-8-4-3-7-14(15)9-5-10-17/h3-4,7-8,17H,6,10-13H2,1-2H3. The van der Waals surface area contributed by atoms with Gasteiger partial charge in [0.1, 0.15) is 6.61 Å². The van der Waals surface area contributed by atoms with Gasteiger partial charge in [0.05, 0.1) is 5.75 Å². The molecule has 6 heteroatoms. The summed E-state index contributed by atoms with van der Waals surface area (Å²) in [4.78, 5) is 0. The molecular formula is C15H21NO4S. The number of ether oxygens (including phenoxy) is 1. The molecule has 5 nitrogen and oxygen atoms in total. The van der Waals surface area contributed by atoms with Crippen LogP contribution in [0.15, 0.2) is 24.3 Å². The SMILES string of the molecule is COCCCS(=O)(=O)N(C)Cc1ccccc1C#CCO. The zero-order valence-corrected chi connectivity index (χ0v) is 13.2. The summed E-state index contributed by atoms with van der Waals surface area (Å²) in [5.74, 6) is 5.47. The second-order valence-corrected chi connectivity index (χ2v) is 6.73. The molecule has 0 aromatic heterocycles. The van der Waals surface area contributed by atoms with Gasteiger partial charge in [-0.25, -0.2) is 12.7 Å². The summed E-state index contributed by atoms with van der Waals surface area (Å²) in [6.07, 6.45) is 0.467. The van der Waals surface area contributed by atoms with Crippen molar-refractivity contribution in [2.24, 2.45) is 0 Å². The van der Waals surface area contributed by atoms with Gasteiger partial charge in [0, 0.05) is 32.9 Å². The van der Waals surface area contributed by atoms with Crippen molar-refractivity contribution >= 4 is 10.0 Å². The van der Waals surface area contributed by atoms with Crippen molar-refractivity contribution < 1.29 is 18.3 Å². The minimum atomic E-state index is -3.31. The fourth-order valence-electron chi connectivity index (χ4n) is 1.79. The van der Waals surface area contributed by atoms with Crippen molar-refractivity contribution in [1.82, 2.24) is 4.31 Å². The average molecular weight is 311 g/mol. The smallest absolute Gasteiger partial charge is 0.214 e. The zero-order valence-electron chi connectivity index (χ0n) is 12.4. The number of rotatable bonds is 7. The molecule has 21 heavy (non-hydrogen) atoms. The minimum Gasteiger partial charge on any atom is -0.385 e. The van der Waals surface area contributed by atoms with Gasteiger partial charge in [0.2, 0.25) is 10.0 Å². The maximum Gasteiger partial charge on any atom is 0.214 e. The van der Waals surface area contributed by atoms with Crippen LogP contribution < -0.4 is 0 Å². The van der Waals surface area contributed by atoms with Crippen LogP contribution in [0.1, 0.15) is 17.5 Å². The lowest BCUT2D eigenvalue weighted by molar-refractivity contribution is 0.199. The Kier molecular flexibility index (Phi) is 7.40. The van der Waals surface area contributed by atoms with Crippen LogP contribution in [0.2, 0.25) is 0 Å². The third kappa shape index (κ3) is 5.86. The van der Waals surface area contributed by atoms with Crippen LogP contribution >= 0.6 is 0 Å². The Labute approximate surface area is 126 Å². The Balaban J connectivity index is 2.81. The lowest BCUT2D eigenvalue weighted by atomic mass is 10.1. The van der Waals surface area contributed by atoms with Crippen LogP contribution in [-0.4, -0.2) is 51.0 Å². The highest BCUT2D eigenvalue weighted by Gasteiger charge is 2.18. The lowest BCUT2D eigenvalue weighted by Crippen LogP contribution is -2.29. The molecule has 0 heterocycles. The van der Waals surface area contributed by atoms with Crippen LogP contribution in [0.5, 0.6) is 0 Å². The molecule has 0 unspecified atom stereocenters. The minimum absolute atomic E-state index is 0.0574. The molecule has 1 aromatic carbocycles. The molecule has 0 atom stereocenters. The molecule has 116 valence electrons. The molecule has 1 N–H and O–H groups in total. The Morgan fingerprint density at radius 3 is 2.71 bits per heavy atom. The van der Waals surface area contributed by atoms with E-state index in [1.54, 1.807) is 14.2 Å². The first-order valence-corrected chi connectivity index (χ1v) is 8.22. The van der Waals surface area contributed by atoms with Gasteiger partial charge in [-0.15, -0.1) is 0 Å². The normalized spacial score (nSPS) is 11.2. The topological polar surface area (TPSA) is 66.8 Å². The van der Waals surface area contributed by atoms with E-state index in [1.807, 2.05) is 24.3 Å². The van der Waals surface area contributed by atoms with E-state index in [0.717, 1.165) is 11.1 Å². The Morgan fingerprint density at radius 2 is 2.05 bits per heavy atom. The maximum atomic E-state index is 12.1. The van der Waals surface area contributed by atoms with E-state index >= 15 is 0 Å². The molecule has 0 aliphatic heterocycles. The quantitative estimate of drug-likeness (QED) is 0.598. The van der Waals surface area contributed by atoms with Crippen molar-refractivity contribution in [1.29, 1.82) is 0 Å². The molecule has 0 saturated heterocycles. The summed E-state index contributed by atoms with van der Waals surface area (Å²) in [5, 5.41) is 8.76. The highest BCUT2D eigenvalue weighted by atomic mass is 32.2. The molecule has 1 rings (SSSR count). The zero-order chi connectivity index (χ0) is 15.7. The van der Waals surface area contributed by atoms with Crippen LogP contribution in [0.25, 0.3) is 0 Å². The molecule has 0 radical (unpaired) electrons. The maximum absolute atomic E-state index is 12.1. The van der Waals surface area contributed by atoms with Gasteiger partial charge in [-0.2, -0.15) is 0 Å². The third-order valence-electron chi connectivity index (χ3n) is 2.94. The number of hydrogen-bond donors (Lipinski definition) is 1.